The Morgan fingerprint density at radius 2 is 0.952 bits per heavy atom. The van der Waals surface area contributed by atoms with Crippen LogP contribution in [-0.4, -0.2) is 0 Å². The summed E-state index contributed by atoms with van der Waals surface area (Å²) in [6.45, 7) is 9.55. The number of hydrogen-bond acceptors (Lipinski definition) is 2. The van der Waals surface area contributed by atoms with Crippen LogP contribution in [0.25, 0.3) is 77.6 Å². The zero-order valence-corrected chi connectivity index (χ0v) is 35.4. The van der Waals surface area contributed by atoms with Gasteiger partial charge in [-0.1, -0.05) is 191 Å². The number of benzene rings is 9. The van der Waals surface area contributed by atoms with Crippen LogP contribution < -0.4 is 4.90 Å². The van der Waals surface area contributed by atoms with Gasteiger partial charge in [-0.3, -0.25) is 0 Å². The average Bonchev–Trinajstić information content (AvgIpc) is 3.90. The lowest BCUT2D eigenvalue weighted by Crippen LogP contribution is -2.21. The lowest BCUT2D eigenvalue weighted by Gasteiger charge is -2.33. The van der Waals surface area contributed by atoms with Gasteiger partial charge in [-0.2, -0.15) is 0 Å². The number of anilines is 3. The van der Waals surface area contributed by atoms with E-state index in [0.29, 0.717) is 0 Å². The Labute approximate surface area is 363 Å². The molecule has 9 aromatic carbocycles. The fraction of sp³-hybridized carbons (Fsp3) is 0.100. The van der Waals surface area contributed by atoms with E-state index in [0.717, 1.165) is 55.6 Å². The molecule has 0 radical (unpaired) electrons. The van der Waals surface area contributed by atoms with Gasteiger partial charge in [-0.25, -0.2) is 0 Å². The quantitative estimate of drug-likeness (QED) is 0.167. The number of rotatable bonds is 6. The molecule has 0 saturated carbocycles. The van der Waals surface area contributed by atoms with Gasteiger partial charge in [0.1, 0.15) is 11.2 Å². The van der Waals surface area contributed by atoms with Crippen molar-refractivity contribution in [2.75, 3.05) is 4.90 Å². The number of furan rings is 1. The van der Waals surface area contributed by atoms with Crippen molar-refractivity contribution in [1.82, 2.24) is 0 Å². The van der Waals surface area contributed by atoms with E-state index in [9.17, 15) is 0 Å². The molecule has 0 unspecified atom stereocenters. The molecule has 0 aliphatic heterocycles. The molecule has 0 N–H and O–H groups in total. The first-order valence-electron chi connectivity index (χ1n) is 21.8. The maximum atomic E-state index is 6.68. The molecule has 62 heavy (non-hydrogen) atoms. The predicted octanol–water partition coefficient (Wildman–Crippen LogP) is 16.7. The van der Waals surface area contributed by atoms with E-state index >= 15 is 0 Å². The molecule has 2 aliphatic carbocycles. The van der Waals surface area contributed by atoms with Crippen molar-refractivity contribution >= 4 is 39.0 Å². The van der Waals surface area contributed by atoms with Crippen molar-refractivity contribution < 1.29 is 4.42 Å². The van der Waals surface area contributed by atoms with Crippen molar-refractivity contribution in [2.45, 2.75) is 38.5 Å². The Hall–Kier alpha value is -7.42. The summed E-state index contributed by atoms with van der Waals surface area (Å²) in [5.74, 6) is 0. The standard InChI is InChI=1S/C60H45NO/c1-59(2)51-29-14-12-23-47(51)55-49(39-20-9-6-10-21-39)36-42(37-52(55)59)61(53-30-16-26-46-45-22-11-13-28-50(45)60(3,4)57(46)53)41-34-32-40(33-35-41)43-24-17-31-54-56(43)48-27-15-25-44(58(48)62-54)38-18-7-5-8-19-38/h5-37H,1-4H3. The summed E-state index contributed by atoms with van der Waals surface area (Å²) in [4.78, 5) is 2.53. The van der Waals surface area contributed by atoms with Crippen LogP contribution >= 0.6 is 0 Å². The molecule has 0 fully saturated rings. The van der Waals surface area contributed by atoms with E-state index in [1.807, 2.05) is 0 Å². The van der Waals surface area contributed by atoms with Crippen LogP contribution in [0.5, 0.6) is 0 Å². The fourth-order valence-corrected chi connectivity index (χ4v) is 10.9. The summed E-state index contributed by atoms with van der Waals surface area (Å²) in [7, 11) is 0. The van der Waals surface area contributed by atoms with Crippen LogP contribution in [0.2, 0.25) is 0 Å². The fourth-order valence-electron chi connectivity index (χ4n) is 10.9. The van der Waals surface area contributed by atoms with Crippen LogP contribution in [0.1, 0.15) is 49.9 Å². The van der Waals surface area contributed by atoms with Crippen molar-refractivity contribution in [1.29, 1.82) is 0 Å². The van der Waals surface area contributed by atoms with Crippen LogP contribution in [0.15, 0.2) is 205 Å². The molecule has 296 valence electrons. The van der Waals surface area contributed by atoms with Gasteiger partial charge in [0.05, 0.1) is 5.69 Å². The molecule has 0 bridgehead atoms. The van der Waals surface area contributed by atoms with Gasteiger partial charge < -0.3 is 9.32 Å². The summed E-state index contributed by atoms with van der Waals surface area (Å²) in [6.07, 6.45) is 0. The normalized spacial score (nSPS) is 14.1. The van der Waals surface area contributed by atoms with E-state index in [-0.39, 0.29) is 10.8 Å². The topological polar surface area (TPSA) is 16.4 Å². The second kappa shape index (κ2) is 13.5. The number of fused-ring (bicyclic) bond motifs is 9. The highest BCUT2D eigenvalue weighted by Crippen LogP contribution is 2.57. The minimum absolute atomic E-state index is 0.193. The highest BCUT2D eigenvalue weighted by molar-refractivity contribution is 6.15. The van der Waals surface area contributed by atoms with Crippen LogP contribution in [0, 0.1) is 0 Å². The Kier molecular flexibility index (Phi) is 7.96. The van der Waals surface area contributed by atoms with Crippen LogP contribution in [0.3, 0.4) is 0 Å². The highest BCUT2D eigenvalue weighted by Gasteiger charge is 2.41. The Balaban J connectivity index is 1.08. The van der Waals surface area contributed by atoms with Crippen molar-refractivity contribution in [3.63, 3.8) is 0 Å². The second-order valence-corrected chi connectivity index (χ2v) is 18.0. The third-order valence-electron chi connectivity index (χ3n) is 13.9. The largest absolute Gasteiger partial charge is 0.455 e. The third-order valence-corrected chi connectivity index (χ3v) is 13.9. The van der Waals surface area contributed by atoms with Crippen molar-refractivity contribution in [3.8, 4) is 55.6 Å². The molecular formula is C60H45NO. The molecule has 10 aromatic rings. The number of para-hydroxylation sites is 1. The van der Waals surface area contributed by atoms with Crippen LogP contribution in [0.4, 0.5) is 17.1 Å². The third kappa shape index (κ3) is 5.29. The maximum absolute atomic E-state index is 6.68. The van der Waals surface area contributed by atoms with E-state index in [1.54, 1.807) is 0 Å². The average molecular weight is 796 g/mol. The van der Waals surface area contributed by atoms with E-state index in [1.165, 1.54) is 61.3 Å². The van der Waals surface area contributed by atoms with E-state index < -0.39 is 0 Å². The number of nitrogens with zero attached hydrogens (tertiary/aromatic N) is 1. The molecule has 2 nitrogen and oxygen atoms in total. The highest BCUT2D eigenvalue weighted by atomic mass is 16.3. The first-order chi connectivity index (χ1) is 30.3. The molecule has 0 spiro atoms. The van der Waals surface area contributed by atoms with Crippen molar-refractivity contribution in [2.24, 2.45) is 0 Å². The second-order valence-electron chi connectivity index (χ2n) is 18.0. The molecule has 2 aliphatic rings. The van der Waals surface area contributed by atoms with Gasteiger partial charge in [0, 0.05) is 38.5 Å². The molecule has 2 heteroatoms. The number of hydrogen-bond donors (Lipinski definition) is 0. The molecule has 0 saturated heterocycles. The van der Waals surface area contributed by atoms with Crippen LogP contribution in [-0.2, 0) is 10.8 Å². The Bertz CT molecular complexity index is 3390. The van der Waals surface area contributed by atoms with Gasteiger partial charge in [-0.15, -0.1) is 0 Å². The summed E-state index contributed by atoms with van der Waals surface area (Å²) >= 11 is 0. The SMILES string of the molecule is CC1(C)c2ccccc2-c2c(-c3ccccc3)cc(N(c3ccc(-c4cccc5oc6c(-c7ccccc7)cccc6c45)cc3)c3cccc4c3C(C)(C)c3ccccc3-4)cc21. The molecule has 12 rings (SSSR count). The summed E-state index contributed by atoms with van der Waals surface area (Å²) in [5.41, 5.74) is 22.6. The lowest BCUT2D eigenvalue weighted by molar-refractivity contribution is 0.658. The minimum Gasteiger partial charge on any atom is -0.455 e. The van der Waals surface area contributed by atoms with Gasteiger partial charge in [0.2, 0.25) is 0 Å². The first-order valence-corrected chi connectivity index (χ1v) is 21.8. The Morgan fingerprint density at radius 1 is 0.387 bits per heavy atom. The van der Waals surface area contributed by atoms with Gasteiger partial charge >= 0.3 is 0 Å². The Morgan fingerprint density at radius 3 is 1.69 bits per heavy atom. The smallest absolute Gasteiger partial charge is 0.143 e. The zero-order chi connectivity index (χ0) is 41.7. The molecular weight excluding hydrogens is 751 g/mol. The first kappa shape index (κ1) is 36.4. The van der Waals surface area contributed by atoms with Gasteiger partial charge in [0.15, 0.2) is 0 Å². The van der Waals surface area contributed by atoms with E-state index in [4.69, 9.17) is 4.42 Å². The summed E-state index contributed by atoms with van der Waals surface area (Å²) in [6, 6.07) is 73.4. The van der Waals surface area contributed by atoms with E-state index in [2.05, 4.69) is 233 Å². The molecule has 1 aromatic heterocycles. The van der Waals surface area contributed by atoms with Crippen molar-refractivity contribution in [3.05, 3.63) is 222 Å². The summed E-state index contributed by atoms with van der Waals surface area (Å²) in [5, 5.41) is 2.26. The molecule has 0 amide bonds. The maximum Gasteiger partial charge on any atom is 0.143 e. The predicted molar refractivity (Wildman–Crippen MR) is 260 cm³/mol. The van der Waals surface area contributed by atoms with Gasteiger partial charge in [0.25, 0.3) is 0 Å². The molecule has 1 heterocycles. The molecule has 0 atom stereocenters. The van der Waals surface area contributed by atoms with Gasteiger partial charge in [-0.05, 0) is 109 Å². The summed E-state index contributed by atoms with van der Waals surface area (Å²) < 4.78 is 6.68. The monoisotopic (exact) mass is 795 g/mol. The zero-order valence-electron chi connectivity index (χ0n) is 35.4. The lowest BCUT2D eigenvalue weighted by atomic mass is 9.80. The minimum atomic E-state index is -0.216.